The van der Waals surface area contributed by atoms with Gasteiger partial charge in [0.15, 0.2) is 0 Å². The van der Waals surface area contributed by atoms with Crippen LogP contribution in [0.15, 0.2) is 42.5 Å². The highest BCUT2D eigenvalue weighted by Gasteiger charge is 2.12. The molecule has 0 bridgehead atoms. The number of benzene rings is 2. The van der Waals surface area contributed by atoms with Crippen molar-refractivity contribution in [2.24, 2.45) is 0 Å². The van der Waals surface area contributed by atoms with Gasteiger partial charge in [-0.2, -0.15) is 0 Å². The Morgan fingerprint density at radius 3 is 2.53 bits per heavy atom. The molecule has 0 saturated carbocycles. The van der Waals surface area contributed by atoms with Crippen LogP contribution in [0.25, 0.3) is 0 Å². The number of amides is 1. The van der Waals surface area contributed by atoms with Crippen molar-refractivity contribution in [3.63, 3.8) is 0 Å². The first-order chi connectivity index (χ1) is 9.13. The Bertz CT molecular complexity index is 605. The van der Waals surface area contributed by atoms with Gasteiger partial charge in [-0.3, -0.25) is 4.79 Å². The van der Waals surface area contributed by atoms with E-state index in [-0.39, 0.29) is 5.91 Å². The van der Waals surface area contributed by atoms with Crippen molar-refractivity contribution in [2.75, 3.05) is 12.4 Å². The average Bonchev–Trinajstić information content (AvgIpc) is 2.42. The molecule has 0 heterocycles. The zero-order valence-corrected chi connectivity index (χ0v) is 11.4. The normalized spacial score (nSPS) is 10.1. The van der Waals surface area contributed by atoms with E-state index >= 15 is 0 Å². The maximum absolute atomic E-state index is 12.3. The van der Waals surface area contributed by atoms with Gasteiger partial charge in [0.2, 0.25) is 0 Å². The van der Waals surface area contributed by atoms with Crippen LogP contribution in [0.4, 0.5) is 5.69 Å². The molecular weight excluding hydrogens is 238 g/mol. The quantitative estimate of drug-likeness (QED) is 0.910. The van der Waals surface area contributed by atoms with E-state index in [1.54, 1.807) is 7.11 Å². The summed E-state index contributed by atoms with van der Waals surface area (Å²) in [5.74, 6) is 0.534. The minimum Gasteiger partial charge on any atom is -0.495 e. The number of hydrogen-bond acceptors (Lipinski definition) is 2. The van der Waals surface area contributed by atoms with Crippen molar-refractivity contribution in [1.29, 1.82) is 0 Å². The van der Waals surface area contributed by atoms with Gasteiger partial charge in [-0.05, 0) is 43.2 Å². The molecule has 2 rings (SSSR count). The summed E-state index contributed by atoms with van der Waals surface area (Å²) in [5.41, 5.74) is 3.46. The minimum atomic E-state index is -0.120. The zero-order valence-electron chi connectivity index (χ0n) is 11.4. The molecule has 0 radical (unpaired) electrons. The van der Waals surface area contributed by atoms with E-state index in [4.69, 9.17) is 4.74 Å². The molecule has 0 saturated heterocycles. The predicted octanol–water partition coefficient (Wildman–Crippen LogP) is 3.56. The number of nitrogens with one attached hydrogen (secondary N) is 1. The molecule has 19 heavy (non-hydrogen) atoms. The third-order valence-corrected chi connectivity index (χ3v) is 3.20. The third kappa shape index (κ3) is 2.76. The van der Waals surface area contributed by atoms with Gasteiger partial charge < -0.3 is 10.1 Å². The van der Waals surface area contributed by atoms with Crippen molar-refractivity contribution in [3.8, 4) is 5.75 Å². The number of hydrogen-bond donors (Lipinski definition) is 1. The number of carbonyl (C=O) groups is 1. The largest absolute Gasteiger partial charge is 0.495 e. The third-order valence-electron chi connectivity index (χ3n) is 3.20. The Hall–Kier alpha value is -2.29. The van der Waals surface area contributed by atoms with Gasteiger partial charge in [-0.1, -0.05) is 24.3 Å². The van der Waals surface area contributed by atoms with Crippen LogP contribution in [0.3, 0.4) is 0 Å². The average molecular weight is 255 g/mol. The molecule has 0 unspecified atom stereocenters. The molecule has 3 heteroatoms. The zero-order chi connectivity index (χ0) is 13.8. The van der Waals surface area contributed by atoms with Crippen molar-refractivity contribution >= 4 is 11.6 Å². The molecule has 1 amide bonds. The second kappa shape index (κ2) is 5.57. The molecule has 1 N–H and O–H groups in total. The van der Waals surface area contributed by atoms with E-state index in [0.29, 0.717) is 17.0 Å². The molecule has 3 nitrogen and oxygen atoms in total. The second-order valence-electron chi connectivity index (χ2n) is 4.40. The SMILES string of the molecule is COc1ccccc1NC(=O)c1cccc(C)c1C. The lowest BCUT2D eigenvalue weighted by Gasteiger charge is -2.12. The van der Waals surface area contributed by atoms with Gasteiger partial charge in [0.05, 0.1) is 12.8 Å². The number of rotatable bonds is 3. The Labute approximate surface area is 113 Å². The topological polar surface area (TPSA) is 38.3 Å². The minimum absolute atomic E-state index is 0.120. The molecule has 2 aromatic rings. The number of para-hydroxylation sites is 2. The van der Waals surface area contributed by atoms with Crippen LogP contribution in [0.5, 0.6) is 5.75 Å². The van der Waals surface area contributed by atoms with E-state index in [1.807, 2.05) is 56.3 Å². The molecule has 0 atom stereocenters. The Morgan fingerprint density at radius 1 is 1.05 bits per heavy atom. The van der Waals surface area contributed by atoms with E-state index in [1.165, 1.54) is 0 Å². The number of carbonyl (C=O) groups excluding carboxylic acids is 1. The molecule has 0 aliphatic heterocycles. The lowest BCUT2D eigenvalue weighted by atomic mass is 10.0. The van der Waals surface area contributed by atoms with Crippen molar-refractivity contribution < 1.29 is 9.53 Å². The van der Waals surface area contributed by atoms with Crippen LogP contribution < -0.4 is 10.1 Å². The fourth-order valence-electron chi connectivity index (χ4n) is 1.93. The van der Waals surface area contributed by atoms with Crippen LogP contribution in [-0.4, -0.2) is 13.0 Å². The van der Waals surface area contributed by atoms with Gasteiger partial charge in [0, 0.05) is 5.56 Å². The first kappa shape index (κ1) is 13.1. The molecule has 0 fully saturated rings. The number of anilines is 1. The summed E-state index contributed by atoms with van der Waals surface area (Å²) in [7, 11) is 1.59. The molecule has 0 aromatic heterocycles. The highest BCUT2D eigenvalue weighted by molar-refractivity contribution is 6.06. The standard InChI is InChI=1S/C16H17NO2/c1-11-7-6-8-13(12(11)2)16(18)17-14-9-4-5-10-15(14)19-3/h4-10H,1-3H3,(H,17,18). The van der Waals surface area contributed by atoms with Gasteiger partial charge in [0.25, 0.3) is 5.91 Å². The molecular formula is C16H17NO2. The summed E-state index contributed by atoms with van der Waals surface area (Å²) in [5, 5.41) is 2.88. The molecule has 2 aromatic carbocycles. The Kier molecular flexibility index (Phi) is 3.85. The van der Waals surface area contributed by atoms with Gasteiger partial charge in [-0.15, -0.1) is 0 Å². The second-order valence-corrected chi connectivity index (χ2v) is 4.40. The predicted molar refractivity (Wildman–Crippen MR) is 76.9 cm³/mol. The summed E-state index contributed by atoms with van der Waals surface area (Å²) in [6, 6.07) is 13.1. The van der Waals surface area contributed by atoms with E-state index in [9.17, 15) is 4.79 Å². The van der Waals surface area contributed by atoms with E-state index in [0.717, 1.165) is 11.1 Å². The number of ether oxygens (including phenoxy) is 1. The monoisotopic (exact) mass is 255 g/mol. The highest BCUT2D eigenvalue weighted by atomic mass is 16.5. The number of aryl methyl sites for hydroxylation is 1. The van der Waals surface area contributed by atoms with Gasteiger partial charge in [-0.25, -0.2) is 0 Å². The van der Waals surface area contributed by atoms with Crippen molar-refractivity contribution in [1.82, 2.24) is 0 Å². The summed E-state index contributed by atoms with van der Waals surface area (Å²) >= 11 is 0. The summed E-state index contributed by atoms with van der Waals surface area (Å²) in [6.07, 6.45) is 0. The van der Waals surface area contributed by atoms with Crippen LogP contribution in [0.2, 0.25) is 0 Å². The molecule has 0 aliphatic rings. The highest BCUT2D eigenvalue weighted by Crippen LogP contribution is 2.24. The van der Waals surface area contributed by atoms with Crippen LogP contribution in [0, 0.1) is 13.8 Å². The smallest absolute Gasteiger partial charge is 0.256 e. The van der Waals surface area contributed by atoms with Crippen LogP contribution in [0.1, 0.15) is 21.5 Å². The fourth-order valence-corrected chi connectivity index (χ4v) is 1.93. The molecule has 0 aliphatic carbocycles. The van der Waals surface area contributed by atoms with Gasteiger partial charge >= 0.3 is 0 Å². The van der Waals surface area contributed by atoms with E-state index in [2.05, 4.69) is 5.32 Å². The molecule has 0 spiro atoms. The fraction of sp³-hybridized carbons (Fsp3) is 0.188. The van der Waals surface area contributed by atoms with Crippen molar-refractivity contribution in [2.45, 2.75) is 13.8 Å². The van der Waals surface area contributed by atoms with Gasteiger partial charge in [0.1, 0.15) is 5.75 Å². The summed E-state index contributed by atoms with van der Waals surface area (Å²) in [6.45, 7) is 3.95. The number of methoxy groups -OCH3 is 1. The maximum atomic E-state index is 12.3. The van der Waals surface area contributed by atoms with Crippen LogP contribution in [-0.2, 0) is 0 Å². The first-order valence-corrected chi connectivity index (χ1v) is 6.14. The lowest BCUT2D eigenvalue weighted by Crippen LogP contribution is -2.14. The summed E-state index contributed by atoms with van der Waals surface area (Å²) < 4.78 is 5.22. The van der Waals surface area contributed by atoms with Crippen molar-refractivity contribution in [3.05, 3.63) is 59.2 Å². The Morgan fingerprint density at radius 2 is 1.79 bits per heavy atom. The maximum Gasteiger partial charge on any atom is 0.256 e. The first-order valence-electron chi connectivity index (χ1n) is 6.14. The van der Waals surface area contributed by atoms with E-state index < -0.39 is 0 Å². The lowest BCUT2D eigenvalue weighted by molar-refractivity contribution is 0.102. The Balaban J connectivity index is 2.28. The molecule has 98 valence electrons. The van der Waals surface area contributed by atoms with Crippen LogP contribution >= 0.6 is 0 Å². The summed E-state index contributed by atoms with van der Waals surface area (Å²) in [4.78, 5) is 12.3.